The van der Waals surface area contributed by atoms with Crippen molar-refractivity contribution < 1.29 is 22.3 Å². The molecule has 1 N–H and O–H groups in total. The van der Waals surface area contributed by atoms with E-state index in [0.717, 1.165) is 28.9 Å². The number of hydrogen-bond donors (Lipinski definition) is 1. The van der Waals surface area contributed by atoms with Crippen LogP contribution in [0.25, 0.3) is 11.0 Å². The Balaban J connectivity index is 1.32. The Bertz CT molecular complexity index is 1210. The second-order valence-corrected chi connectivity index (χ2v) is 10.1. The fourth-order valence-electron chi connectivity index (χ4n) is 3.45. The van der Waals surface area contributed by atoms with Gasteiger partial charge in [-0.2, -0.15) is 4.31 Å². The van der Waals surface area contributed by atoms with Crippen molar-refractivity contribution in [3.8, 4) is 5.75 Å². The van der Waals surface area contributed by atoms with Gasteiger partial charge in [0.15, 0.2) is 5.16 Å². The number of rotatable bonds is 7. The van der Waals surface area contributed by atoms with Crippen LogP contribution in [0.2, 0.25) is 0 Å². The number of hydrogen-bond acceptors (Lipinski definition) is 6. The van der Waals surface area contributed by atoms with Gasteiger partial charge in [-0.3, -0.25) is 4.79 Å². The average Bonchev–Trinajstić information content (AvgIpc) is 3.20. The van der Waals surface area contributed by atoms with Crippen LogP contribution in [-0.4, -0.2) is 72.0 Å². The van der Waals surface area contributed by atoms with E-state index in [1.165, 1.54) is 28.2 Å². The van der Waals surface area contributed by atoms with Crippen LogP contribution in [0, 0.1) is 5.82 Å². The summed E-state index contributed by atoms with van der Waals surface area (Å²) in [5, 5.41) is 0.638. The van der Waals surface area contributed by atoms with Gasteiger partial charge in [0.2, 0.25) is 15.9 Å². The van der Waals surface area contributed by atoms with Gasteiger partial charge in [0.25, 0.3) is 0 Å². The first-order chi connectivity index (χ1) is 15.4. The van der Waals surface area contributed by atoms with Gasteiger partial charge >= 0.3 is 0 Å². The number of sulfonamides is 1. The van der Waals surface area contributed by atoms with Crippen LogP contribution in [0.4, 0.5) is 4.39 Å². The van der Waals surface area contributed by atoms with Crippen LogP contribution in [0.5, 0.6) is 5.75 Å². The number of nitrogens with zero attached hydrogens (tertiary/aromatic N) is 3. The monoisotopic (exact) mass is 478 g/mol. The van der Waals surface area contributed by atoms with Gasteiger partial charge in [-0.05, 0) is 43.3 Å². The number of piperazine rings is 1. The van der Waals surface area contributed by atoms with E-state index >= 15 is 0 Å². The van der Waals surface area contributed by atoms with Crippen molar-refractivity contribution in [1.29, 1.82) is 0 Å². The second kappa shape index (κ2) is 9.47. The summed E-state index contributed by atoms with van der Waals surface area (Å²) in [5.74, 6) is 0.383. The van der Waals surface area contributed by atoms with E-state index in [0.29, 0.717) is 24.9 Å². The topological polar surface area (TPSA) is 95.6 Å². The standard InChI is InChI=1S/C21H23FN4O4S2/c1-2-30-16-5-8-18-19(13-16)24-21(23-18)31-14-20(27)25-9-11-26(12-10-25)32(28,29)17-6-3-15(22)4-7-17/h3-8,13H,2,9-12,14H2,1H3,(H,23,24). The first-order valence-corrected chi connectivity index (χ1v) is 12.6. The lowest BCUT2D eigenvalue weighted by Gasteiger charge is -2.34. The minimum Gasteiger partial charge on any atom is -0.494 e. The molecular formula is C21H23FN4O4S2. The molecule has 0 spiro atoms. The van der Waals surface area contributed by atoms with Crippen LogP contribution in [0.15, 0.2) is 52.5 Å². The summed E-state index contributed by atoms with van der Waals surface area (Å²) in [7, 11) is -3.71. The van der Waals surface area contributed by atoms with E-state index in [9.17, 15) is 17.6 Å². The highest BCUT2D eigenvalue weighted by Crippen LogP contribution is 2.24. The minimum absolute atomic E-state index is 0.0478. The van der Waals surface area contributed by atoms with Crippen LogP contribution in [0.3, 0.4) is 0 Å². The molecule has 1 amide bonds. The molecule has 0 radical (unpaired) electrons. The molecule has 0 saturated carbocycles. The molecule has 2 aromatic carbocycles. The van der Waals surface area contributed by atoms with Gasteiger partial charge in [-0.25, -0.2) is 17.8 Å². The van der Waals surface area contributed by atoms with Crippen molar-refractivity contribution in [3.05, 3.63) is 48.3 Å². The van der Waals surface area contributed by atoms with E-state index in [2.05, 4.69) is 9.97 Å². The molecule has 0 atom stereocenters. The first-order valence-electron chi connectivity index (χ1n) is 10.2. The zero-order valence-electron chi connectivity index (χ0n) is 17.5. The third kappa shape index (κ3) is 4.89. The number of H-pyrrole nitrogens is 1. The number of carbonyl (C=O) groups is 1. The summed E-state index contributed by atoms with van der Waals surface area (Å²) < 4.78 is 45.3. The molecule has 1 fully saturated rings. The summed E-state index contributed by atoms with van der Waals surface area (Å²) in [6.45, 7) is 3.49. The minimum atomic E-state index is -3.71. The van der Waals surface area contributed by atoms with Gasteiger partial charge in [0, 0.05) is 32.2 Å². The van der Waals surface area contributed by atoms with Crippen molar-refractivity contribution in [3.63, 3.8) is 0 Å². The Labute approximate surface area is 189 Å². The molecule has 2 heterocycles. The molecular weight excluding hydrogens is 455 g/mol. The van der Waals surface area contributed by atoms with Crippen molar-refractivity contribution in [2.75, 3.05) is 38.5 Å². The number of nitrogens with one attached hydrogen (secondary N) is 1. The van der Waals surface area contributed by atoms with Crippen molar-refractivity contribution in [2.45, 2.75) is 17.0 Å². The van der Waals surface area contributed by atoms with Crippen LogP contribution in [0.1, 0.15) is 6.92 Å². The van der Waals surface area contributed by atoms with Crippen LogP contribution in [-0.2, 0) is 14.8 Å². The summed E-state index contributed by atoms with van der Waals surface area (Å²) in [4.78, 5) is 22.0. The first kappa shape index (κ1) is 22.6. The van der Waals surface area contributed by atoms with Crippen LogP contribution >= 0.6 is 11.8 Å². The Kier molecular flexibility index (Phi) is 6.68. The second-order valence-electron chi connectivity index (χ2n) is 7.18. The molecule has 4 rings (SSSR count). The number of amides is 1. The third-order valence-electron chi connectivity index (χ3n) is 5.12. The Hall–Kier alpha value is -2.63. The molecule has 32 heavy (non-hydrogen) atoms. The summed E-state index contributed by atoms with van der Waals surface area (Å²) in [6.07, 6.45) is 0. The normalized spacial score (nSPS) is 15.2. The maximum Gasteiger partial charge on any atom is 0.243 e. The summed E-state index contributed by atoms with van der Waals surface area (Å²) in [5.41, 5.74) is 1.63. The molecule has 3 aromatic rings. The maximum absolute atomic E-state index is 13.1. The SMILES string of the molecule is CCOc1ccc2nc(SCC(=O)N3CCN(S(=O)(=O)c4ccc(F)cc4)CC3)[nH]c2c1. The van der Waals surface area contributed by atoms with E-state index in [4.69, 9.17) is 4.74 Å². The Morgan fingerprint density at radius 3 is 2.56 bits per heavy atom. The van der Waals surface area contributed by atoms with Gasteiger partial charge in [-0.15, -0.1) is 0 Å². The zero-order valence-corrected chi connectivity index (χ0v) is 19.1. The van der Waals surface area contributed by atoms with Crippen molar-refractivity contribution >= 4 is 38.7 Å². The largest absolute Gasteiger partial charge is 0.494 e. The van der Waals surface area contributed by atoms with E-state index in [1.54, 1.807) is 4.90 Å². The zero-order chi connectivity index (χ0) is 22.7. The number of carbonyl (C=O) groups excluding carboxylic acids is 1. The molecule has 1 aromatic heterocycles. The van der Waals surface area contributed by atoms with Gasteiger partial charge in [0.05, 0.1) is 28.3 Å². The Morgan fingerprint density at radius 2 is 1.88 bits per heavy atom. The fourth-order valence-corrected chi connectivity index (χ4v) is 5.65. The van der Waals surface area contributed by atoms with Gasteiger partial charge < -0.3 is 14.6 Å². The predicted octanol–water partition coefficient (Wildman–Crippen LogP) is 2.73. The molecule has 11 heteroatoms. The maximum atomic E-state index is 13.1. The third-order valence-corrected chi connectivity index (χ3v) is 7.89. The number of ether oxygens (including phenoxy) is 1. The average molecular weight is 479 g/mol. The number of fused-ring (bicyclic) bond motifs is 1. The Morgan fingerprint density at radius 1 is 1.16 bits per heavy atom. The number of thioether (sulfide) groups is 1. The molecule has 0 aliphatic carbocycles. The predicted molar refractivity (Wildman–Crippen MR) is 120 cm³/mol. The highest BCUT2D eigenvalue weighted by Gasteiger charge is 2.30. The number of aromatic nitrogens is 2. The fraction of sp³-hybridized carbons (Fsp3) is 0.333. The van der Waals surface area contributed by atoms with Crippen molar-refractivity contribution in [2.24, 2.45) is 0 Å². The number of imidazole rings is 1. The highest BCUT2D eigenvalue weighted by atomic mass is 32.2. The number of benzene rings is 2. The molecule has 0 unspecified atom stereocenters. The lowest BCUT2D eigenvalue weighted by molar-refractivity contribution is -0.129. The number of halogens is 1. The molecule has 1 saturated heterocycles. The van der Waals surface area contributed by atoms with Crippen LogP contribution < -0.4 is 4.74 Å². The van der Waals surface area contributed by atoms with E-state index in [-0.39, 0.29) is 29.6 Å². The number of aromatic amines is 1. The van der Waals surface area contributed by atoms with Gasteiger partial charge in [-0.1, -0.05) is 11.8 Å². The smallest absolute Gasteiger partial charge is 0.243 e. The quantitative estimate of drug-likeness (QED) is 0.525. The lowest BCUT2D eigenvalue weighted by atomic mass is 10.3. The molecule has 1 aliphatic rings. The molecule has 8 nitrogen and oxygen atoms in total. The van der Waals surface area contributed by atoms with E-state index in [1.807, 2.05) is 25.1 Å². The molecule has 1 aliphatic heterocycles. The lowest BCUT2D eigenvalue weighted by Crippen LogP contribution is -2.50. The molecule has 0 bridgehead atoms. The summed E-state index contributed by atoms with van der Waals surface area (Å²) in [6, 6.07) is 10.3. The van der Waals surface area contributed by atoms with E-state index < -0.39 is 15.8 Å². The van der Waals surface area contributed by atoms with Gasteiger partial charge in [0.1, 0.15) is 11.6 Å². The molecule has 170 valence electrons. The van der Waals surface area contributed by atoms with Crippen molar-refractivity contribution in [1.82, 2.24) is 19.2 Å². The highest BCUT2D eigenvalue weighted by molar-refractivity contribution is 7.99. The summed E-state index contributed by atoms with van der Waals surface area (Å²) >= 11 is 1.31.